The molecule has 0 aromatic heterocycles. The van der Waals surface area contributed by atoms with Crippen LogP contribution in [-0.4, -0.2) is 42.0 Å². The molecule has 1 fully saturated rings. The van der Waals surface area contributed by atoms with Crippen molar-refractivity contribution < 1.29 is 14.2 Å². The van der Waals surface area contributed by atoms with E-state index in [4.69, 9.17) is 22.7 Å². The molecule has 2 atom stereocenters. The molecule has 2 unspecified atom stereocenters. The number of nitrogens with zero attached hydrogens (tertiary/aromatic N) is 1. The fourth-order valence-corrected chi connectivity index (χ4v) is 2.46. The quantitative estimate of drug-likeness (QED) is 0.812. The monoisotopic (exact) mass is 284 g/mol. The van der Waals surface area contributed by atoms with Crippen molar-refractivity contribution in [3.8, 4) is 0 Å². The zero-order valence-electron chi connectivity index (χ0n) is 10.7. The van der Waals surface area contributed by atoms with Gasteiger partial charge in [-0.15, -0.1) is 0 Å². The summed E-state index contributed by atoms with van der Waals surface area (Å²) in [5.41, 5.74) is 6.53. The van der Waals surface area contributed by atoms with E-state index >= 15 is 0 Å². The molecule has 1 aromatic carbocycles. The van der Waals surface area contributed by atoms with Gasteiger partial charge in [-0.3, -0.25) is 0 Å². The van der Waals surface area contributed by atoms with Gasteiger partial charge in [-0.05, 0) is 19.1 Å². The lowest BCUT2D eigenvalue weighted by Crippen LogP contribution is -2.50. The van der Waals surface area contributed by atoms with Gasteiger partial charge in [0.25, 0.3) is 0 Å². The van der Waals surface area contributed by atoms with Crippen LogP contribution in [-0.2, 0) is 4.74 Å². The minimum Gasteiger partial charge on any atom is -0.394 e. The van der Waals surface area contributed by atoms with E-state index in [0.717, 1.165) is 0 Å². The molecular formula is C13H17FN2O2S. The number of hydrogen-bond donors (Lipinski definition) is 2. The molecule has 0 saturated carbocycles. The Bertz CT molecular complexity index is 484. The first kappa shape index (κ1) is 14.2. The number of thiocarbonyl (C=S) groups is 1. The van der Waals surface area contributed by atoms with E-state index in [2.05, 4.69) is 0 Å². The Hall–Kier alpha value is -1.24. The fraction of sp³-hybridized carbons (Fsp3) is 0.462. The molecule has 0 aliphatic carbocycles. The van der Waals surface area contributed by atoms with Gasteiger partial charge in [0.1, 0.15) is 10.8 Å². The standard InChI is InChI=1S/C13H17FN2O2S/c1-8-7-18-9(6-17)5-16(8)11-4-2-3-10(14)12(11)13(15)19/h2-4,8-9,17H,5-7H2,1H3,(H2,15,19). The van der Waals surface area contributed by atoms with Crippen molar-refractivity contribution in [3.63, 3.8) is 0 Å². The van der Waals surface area contributed by atoms with E-state index in [1.54, 1.807) is 12.1 Å². The second-order valence-electron chi connectivity index (χ2n) is 4.64. The molecule has 4 nitrogen and oxygen atoms in total. The van der Waals surface area contributed by atoms with Crippen LogP contribution in [0.4, 0.5) is 10.1 Å². The third-order valence-corrected chi connectivity index (χ3v) is 3.46. The Labute approximate surface area is 117 Å². The van der Waals surface area contributed by atoms with Gasteiger partial charge in [0.05, 0.1) is 30.6 Å². The molecule has 1 heterocycles. The molecule has 1 aliphatic heterocycles. The highest BCUT2D eigenvalue weighted by atomic mass is 32.1. The highest BCUT2D eigenvalue weighted by Gasteiger charge is 2.28. The SMILES string of the molecule is CC1COC(CO)CN1c1cccc(F)c1C(N)=S. The molecule has 19 heavy (non-hydrogen) atoms. The second kappa shape index (κ2) is 5.81. The number of halogens is 1. The zero-order chi connectivity index (χ0) is 14.0. The average Bonchev–Trinajstić information content (AvgIpc) is 2.38. The van der Waals surface area contributed by atoms with E-state index in [1.807, 2.05) is 11.8 Å². The van der Waals surface area contributed by atoms with Crippen molar-refractivity contribution in [3.05, 3.63) is 29.6 Å². The number of benzene rings is 1. The predicted octanol–water partition coefficient (Wildman–Crippen LogP) is 1.05. The van der Waals surface area contributed by atoms with Crippen molar-refractivity contribution in [1.29, 1.82) is 0 Å². The Morgan fingerprint density at radius 1 is 1.63 bits per heavy atom. The van der Waals surface area contributed by atoms with Crippen LogP contribution in [0.3, 0.4) is 0 Å². The van der Waals surface area contributed by atoms with Gasteiger partial charge < -0.3 is 20.5 Å². The van der Waals surface area contributed by atoms with Crippen molar-refractivity contribution in [2.75, 3.05) is 24.7 Å². The zero-order valence-corrected chi connectivity index (χ0v) is 11.5. The van der Waals surface area contributed by atoms with E-state index < -0.39 is 5.82 Å². The summed E-state index contributed by atoms with van der Waals surface area (Å²) in [6.45, 7) is 2.86. The van der Waals surface area contributed by atoms with Gasteiger partial charge in [-0.25, -0.2) is 4.39 Å². The second-order valence-corrected chi connectivity index (χ2v) is 5.08. The number of morpholine rings is 1. The van der Waals surface area contributed by atoms with Crippen LogP contribution in [0.25, 0.3) is 0 Å². The molecular weight excluding hydrogens is 267 g/mol. The lowest BCUT2D eigenvalue weighted by Gasteiger charge is -2.40. The summed E-state index contributed by atoms with van der Waals surface area (Å²) in [5, 5.41) is 9.20. The van der Waals surface area contributed by atoms with Crippen LogP contribution in [0.5, 0.6) is 0 Å². The van der Waals surface area contributed by atoms with E-state index in [0.29, 0.717) is 18.8 Å². The molecule has 1 saturated heterocycles. The molecule has 1 aliphatic rings. The van der Waals surface area contributed by atoms with Crippen molar-refractivity contribution in [2.24, 2.45) is 5.73 Å². The van der Waals surface area contributed by atoms with Gasteiger partial charge in [-0.2, -0.15) is 0 Å². The summed E-state index contributed by atoms with van der Waals surface area (Å²) in [6.07, 6.45) is -0.279. The fourth-order valence-electron chi connectivity index (χ4n) is 2.26. The number of nitrogens with two attached hydrogens (primary N) is 1. The number of rotatable bonds is 3. The van der Waals surface area contributed by atoms with Crippen LogP contribution in [0.1, 0.15) is 12.5 Å². The Morgan fingerprint density at radius 2 is 2.37 bits per heavy atom. The Kier molecular flexibility index (Phi) is 4.34. The molecule has 6 heteroatoms. The number of aliphatic hydroxyl groups excluding tert-OH is 1. The van der Waals surface area contributed by atoms with Gasteiger partial charge in [0, 0.05) is 12.6 Å². The lowest BCUT2D eigenvalue weighted by atomic mass is 10.1. The number of ether oxygens (including phenoxy) is 1. The van der Waals surface area contributed by atoms with Crippen LogP contribution in [0, 0.1) is 5.82 Å². The normalized spacial score (nSPS) is 23.4. The first-order valence-corrected chi connectivity index (χ1v) is 6.52. The first-order valence-electron chi connectivity index (χ1n) is 6.12. The summed E-state index contributed by atoms with van der Waals surface area (Å²) in [6, 6.07) is 4.82. The maximum absolute atomic E-state index is 13.9. The smallest absolute Gasteiger partial charge is 0.135 e. The molecule has 0 radical (unpaired) electrons. The topological polar surface area (TPSA) is 58.7 Å². The van der Waals surface area contributed by atoms with Crippen LogP contribution >= 0.6 is 12.2 Å². The highest BCUT2D eigenvalue weighted by molar-refractivity contribution is 7.80. The first-order chi connectivity index (χ1) is 9.04. The van der Waals surface area contributed by atoms with Gasteiger partial charge >= 0.3 is 0 Å². The summed E-state index contributed by atoms with van der Waals surface area (Å²) < 4.78 is 19.4. The summed E-state index contributed by atoms with van der Waals surface area (Å²) in [4.78, 5) is 2.01. The maximum Gasteiger partial charge on any atom is 0.135 e. The largest absolute Gasteiger partial charge is 0.394 e. The maximum atomic E-state index is 13.9. The van der Waals surface area contributed by atoms with Crippen LogP contribution in [0.2, 0.25) is 0 Å². The lowest BCUT2D eigenvalue weighted by molar-refractivity contribution is -0.0103. The molecule has 2 rings (SSSR count). The Balaban J connectivity index is 2.39. The van der Waals surface area contributed by atoms with Crippen molar-refractivity contribution in [1.82, 2.24) is 0 Å². The highest BCUT2D eigenvalue weighted by Crippen LogP contribution is 2.27. The molecule has 0 amide bonds. The molecule has 3 N–H and O–H groups in total. The average molecular weight is 284 g/mol. The minimum absolute atomic E-state index is 0.0346. The molecule has 0 bridgehead atoms. The number of hydrogen-bond acceptors (Lipinski definition) is 4. The van der Waals surface area contributed by atoms with Crippen LogP contribution < -0.4 is 10.6 Å². The molecule has 1 aromatic rings. The third kappa shape index (κ3) is 2.86. The van der Waals surface area contributed by atoms with Gasteiger partial charge in [0.15, 0.2) is 0 Å². The van der Waals surface area contributed by atoms with Gasteiger partial charge in [0.2, 0.25) is 0 Å². The predicted molar refractivity (Wildman–Crippen MR) is 75.9 cm³/mol. The van der Waals surface area contributed by atoms with E-state index in [-0.39, 0.29) is 29.3 Å². The van der Waals surface area contributed by atoms with Crippen molar-refractivity contribution in [2.45, 2.75) is 19.1 Å². The summed E-state index contributed by atoms with van der Waals surface area (Å²) in [7, 11) is 0. The minimum atomic E-state index is -0.427. The summed E-state index contributed by atoms with van der Waals surface area (Å²) >= 11 is 4.93. The molecule has 0 spiro atoms. The van der Waals surface area contributed by atoms with Gasteiger partial charge in [-0.1, -0.05) is 18.3 Å². The van der Waals surface area contributed by atoms with Crippen molar-refractivity contribution >= 4 is 22.9 Å². The van der Waals surface area contributed by atoms with E-state index in [9.17, 15) is 9.50 Å². The third-order valence-electron chi connectivity index (χ3n) is 3.26. The molecule has 104 valence electrons. The number of anilines is 1. The van der Waals surface area contributed by atoms with Crippen LogP contribution in [0.15, 0.2) is 18.2 Å². The summed E-state index contributed by atoms with van der Waals surface area (Å²) in [5.74, 6) is -0.427. The Morgan fingerprint density at radius 3 is 3.00 bits per heavy atom. The van der Waals surface area contributed by atoms with E-state index in [1.165, 1.54) is 6.07 Å². The number of aliphatic hydroxyl groups is 1.